The summed E-state index contributed by atoms with van der Waals surface area (Å²) in [7, 11) is 1.66. The van der Waals surface area contributed by atoms with Gasteiger partial charge in [-0.15, -0.1) is 11.3 Å². The number of fused-ring (bicyclic) bond motifs is 2. The molecular formula is C28H28N4O2S. The molecule has 0 saturated heterocycles. The predicted octanol–water partition coefficient (Wildman–Crippen LogP) is 4.75. The number of hydrogen-bond acceptors (Lipinski definition) is 6. The Morgan fingerprint density at radius 2 is 1.91 bits per heavy atom. The monoisotopic (exact) mass is 484 g/mol. The number of benzene rings is 2. The second-order valence-corrected chi connectivity index (χ2v) is 9.67. The van der Waals surface area contributed by atoms with E-state index in [-0.39, 0.29) is 5.56 Å². The fraction of sp³-hybridized carbons (Fsp3) is 0.250. The minimum absolute atomic E-state index is 0.00507. The number of nitrogens with zero attached hydrogens (tertiary/aromatic N) is 3. The van der Waals surface area contributed by atoms with Crippen LogP contribution in [-0.4, -0.2) is 34.7 Å². The minimum atomic E-state index is -0.00507. The number of aromatic nitrogens is 3. The first-order chi connectivity index (χ1) is 17.2. The standard InChI is InChI=1S/C28H28N4O2S/c1-19-25(12-15-29-14-11-20-6-5-13-30-16-20)35-27-26(19)28(33)32(18-31-27)17-23-22-8-4-3-7-21(22)9-10-24(23)34-2/h3-10,13,16,18,29H,11-12,14-15,17H2,1-2H3. The molecule has 3 aromatic heterocycles. The Hall–Kier alpha value is -3.55. The molecule has 0 spiro atoms. The summed E-state index contributed by atoms with van der Waals surface area (Å²) in [6.45, 7) is 4.20. The second-order valence-electron chi connectivity index (χ2n) is 8.59. The van der Waals surface area contributed by atoms with Gasteiger partial charge in [0, 0.05) is 22.8 Å². The zero-order chi connectivity index (χ0) is 24.2. The van der Waals surface area contributed by atoms with E-state index in [1.54, 1.807) is 35.5 Å². The van der Waals surface area contributed by atoms with Gasteiger partial charge >= 0.3 is 0 Å². The lowest BCUT2D eigenvalue weighted by molar-refractivity contribution is 0.409. The first-order valence-electron chi connectivity index (χ1n) is 11.8. The van der Waals surface area contributed by atoms with E-state index in [4.69, 9.17) is 4.74 Å². The van der Waals surface area contributed by atoms with Gasteiger partial charge in [-0.1, -0.05) is 36.4 Å². The number of aryl methyl sites for hydroxylation is 1. The maximum absolute atomic E-state index is 13.5. The van der Waals surface area contributed by atoms with Crippen molar-refractivity contribution < 1.29 is 4.74 Å². The van der Waals surface area contributed by atoms with Gasteiger partial charge in [-0.3, -0.25) is 14.3 Å². The molecule has 3 heterocycles. The van der Waals surface area contributed by atoms with Gasteiger partial charge in [-0.25, -0.2) is 4.98 Å². The van der Waals surface area contributed by atoms with Gasteiger partial charge in [-0.05, 0) is 66.9 Å². The summed E-state index contributed by atoms with van der Waals surface area (Å²) in [6.07, 6.45) is 7.18. The number of methoxy groups -OCH3 is 1. The average molecular weight is 485 g/mol. The molecule has 0 amide bonds. The lowest BCUT2D eigenvalue weighted by atomic mass is 10.0. The van der Waals surface area contributed by atoms with E-state index >= 15 is 0 Å². The zero-order valence-electron chi connectivity index (χ0n) is 20.0. The summed E-state index contributed by atoms with van der Waals surface area (Å²) in [5, 5.41) is 6.43. The molecule has 5 rings (SSSR count). The SMILES string of the molecule is COc1ccc2ccccc2c1Cn1cnc2sc(CCNCCc3cccnc3)c(C)c2c1=O. The van der Waals surface area contributed by atoms with E-state index in [1.165, 1.54) is 10.4 Å². The molecule has 7 heteroatoms. The smallest absolute Gasteiger partial charge is 0.262 e. The molecule has 35 heavy (non-hydrogen) atoms. The number of nitrogens with one attached hydrogen (secondary N) is 1. The Bertz CT molecular complexity index is 1530. The normalized spacial score (nSPS) is 11.4. The van der Waals surface area contributed by atoms with E-state index in [0.29, 0.717) is 6.54 Å². The number of hydrogen-bond donors (Lipinski definition) is 1. The Balaban J connectivity index is 1.35. The van der Waals surface area contributed by atoms with Crippen molar-refractivity contribution >= 4 is 32.3 Å². The molecule has 0 bridgehead atoms. The second kappa shape index (κ2) is 10.4. The molecule has 0 aliphatic heterocycles. The molecule has 0 aliphatic rings. The van der Waals surface area contributed by atoms with Crippen LogP contribution in [0.1, 0.15) is 21.6 Å². The average Bonchev–Trinajstić information content (AvgIpc) is 3.22. The summed E-state index contributed by atoms with van der Waals surface area (Å²) in [5.74, 6) is 0.774. The number of rotatable bonds is 9. The summed E-state index contributed by atoms with van der Waals surface area (Å²) in [5.41, 5.74) is 3.25. The lowest BCUT2D eigenvalue weighted by Gasteiger charge is -2.13. The highest BCUT2D eigenvalue weighted by atomic mass is 32.1. The molecule has 0 saturated carbocycles. The van der Waals surface area contributed by atoms with Crippen molar-refractivity contribution in [1.29, 1.82) is 0 Å². The highest BCUT2D eigenvalue weighted by Crippen LogP contribution is 2.30. The summed E-state index contributed by atoms with van der Waals surface area (Å²) in [6, 6.07) is 16.2. The van der Waals surface area contributed by atoms with Crippen molar-refractivity contribution in [3.05, 3.63) is 99.2 Å². The quantitative estimate of drug-likeness (QED) is 0.306. The molecule has 2 aromatic carbocycles. The van der Waals surface area contributed by atoms with Gasteiger partial charge in [0.2, 0.25) is 0 Å². The highest BCUT2D eigenvalue weighted by molar-refractivity contribution is 7.18. The van der Waals surface area contributed by atoms with E-state index in [2.05, 4.69) is 33.5 Å². The molecule has 6 nitrogen and oxygen atoms in total. The fourth-order valence-corrected chi connectivity index (χ4v) is 5.64. The Morgan fingerprint density at radius 1 is 1.06 bits per heavy atom. The summed E-state index contributed by atoms with van der Waals surface area (Å²) < 4.78 is 7.33. The van der Waals surface area contributed by atoms with Crippen LogP contribution in [0, 0.1) is 6.92 Å². The first kappa shape index (κ1) is 23.2. The van der Waals surface area contributed by atoms with Crippen molar-refractivity contribution in [2.24, 2.45) is 0 Å². The van der Waals surface area contributed by atoms with Gasteiger partial charge < -0.3 is 10.1 Å². The maximum Gasteiger partial charge on any atom is 0.262 e. The first-order valence-corrected chi connectivity index (χ1v) is 12.6. The van der Waals surface area contributed by atoms with Crippen LogP contribution >= 0.6 is 11.3 Å². The molecule has 5 aromatic rings. The van der Waals surface area contributed by atoms with Crippen LogP contribution in [0.4, 0.5) is 0 Å². The third-order valence-corrected chi connectivity index (χ3v) is 7.66. The number of thiophene rings is 1. The zero-order valence-corrected chi connectivity index (χ0v) is 20.8. The van der Waals surface area contributed by atoms with Crippen LogP contribution in [0.2, 0.25) is 0 Å². The van der Waals surface area contributed by atoms with Crippen LogP contribution in [0.3, 0.4) is 0 Å². The van der Waals surface area contributed by atoms with Crippen LogP contribution in [0.5, 0.6) is 5.75 Å². The van der Waals surface area contributed by atoms with Crippen molar-refractivity contribution in [2.75, 3.05) is 20.2 Å². The van der Waals surface area contributed by atoms with Crippen LogP contribution in [0.25, 0.3) is 21.0 Å². The van der Waals surface area contributed by atoms with Crippen molar-refractivity contribution in [1.82, 2.24) is 19.9 Å². The van der Waals surface area contributed by atoms with Crippen molar-refractivity contribution in [2.45, 2.75) is 26.3 Å². The van der Waals surface area contributed by atoms with E-state index in [1.807, 2.05) is 43.5 Å². The largest absolute Gasteiger partial charge is 0.496 e. The third-order valence-electron chi connectivity index (χ3n) is 6.40. The molecule has 0 atom stereocenters. The van der Waals surface area contributed by atoms with Gasteiger partial charge in [-0.2, -0.15) is 0 Å². The molecular weight excluding hydrogens is 456 g/mol. The van der Waals surface area contributed by atoms with Gasteiger partial charge in [0.05, 0.1) is 25.4 Å². The van der Waals surface area contributed by atoms with E-state index < -0.39 is 0 Å². The molecule has 0 aliphatic carbocycles. The number of ether oxygens (including phenoxy) is 1. The maximum atomic E-state index is 13.5. The fourth-order valence-electron chi connectivity index (χ4n) is 4.50. The van der Waals surface area contributed by atoms with Crippen LogP contribution in [0.15, 0.2) is 72.0 Å². The Kier molecular flexibility index (Phi) is 6.88. The molecule has 178 valence electrons. The van der Waals surface area contributed by atoms with Gasteiger partial charge in [0.15, 0.2) is 0 Å². The predicted molar refractivity (Wildman–Crippen MR) is 143 cm³/mol. The third kappa shape index (κ3) is 4.83. The van der Waals surface area contributed by atoms with Gasteiger partial charge in [0.1, 0.15) is 10.6 Å². The van der Waals surface area contributed by atoms with Gasteiger partial charge in [0.25, 0.3) is 5.56 Å². The lowest BCUT2D eigenvalue weighted by Crippen LogP contribution is -2.22. The molecule has 1 N–H and O–H groups in total. The van der Waals surface area contributed by atoms with E-state index in [0.717, 1.165) is 63.8 Å². The van der Waals surface area contributed by atoms with Crippen molar-refractivity contribution in [3.8, 4) is 5.75 Å². The topological polar surface area (TPSA) is 69.0 Å². The highest BCUT2D eigenvalue weighted by Gasteiger charge is 2.16. The molecule has 0 radical (unpaired) electrons. The summed E-state index contributed by atoms with van der Waals surface area (Å²) >= 11 is 1.62. The number of pyridine rings is 1. The van der Waals surface area contributed by atoms with Crippen LogP contribution < -0.4 is 15.6 Å². The molecule has 0 unspecified atom stereocenters. The minimum Gasteiger partial charge on any atom is -0.496 e. The van der Waals surface area contributed by atoms with Crippen molar-refractivity contribution in [3.63, 3.8) is 0 Å². The summed E-state index contributed by atoms with van der Waals surface area (Å²) in [4.78, 5) is 24.3. The van der Waals surface area contributed by atoms with E-state index in [9.17, 15) is 4.79 Å². The molecule has 0 fully saturated rings. The Labute approximate surface area is 208 Å². The van der Waals surface area contributed by atoms with Crippen LogP contribution in [-0.2, 0) is 19.4 Å². The Morgan fingerprint density at radius 3 is 2.74 bits per heavy atom.